The summed E-state index contributed by atoms with van der Waals surface area (Å²) in [6, 6.07) is 30.7. The number of nitrogens with zero attached hydrogens (tertiary/aromatic N) is 2. The molecule has 42 heavy (non-hydrogen) atoms. The molecule has 0 aromatic heterocycles. The zero-order valence-electron chi connectivity index (χ0n) is 23.9. The highest BCUT2D eigenvalue weighted by molar-refractivity contribution is 7.92. The number of likely N-dealkylation sites (N-methyl/N-ethyl adjacent to an activating group) is 1. The first-order valence-electron chi connectivity index (χ1n) is 13.6. The van der Waals surface area contributed by atoms with E-state index < -0.39 is 28.5 Å². The van der Waals surface area contributed by atoms with Gasteiger partial charge in [-0.1, -0.05) is 78.4 Å². The Morgan fingerprint density at radius 3 is 1.98 bits per heavy atom. The molecule has 218 valence electrons. The van der Waals surface area contributed by atoms with Crippen molar-refractivity contribution in [2.45, 2.75) is 30.8 Å². The van der Waals surface area contributed by atoms with Gasteiger partial charge in [0.1, 0.15) is 18.3 Å². The number of carbonyl (C=O) groups excluding carboxylic acids is 2. The minimum atomic E-state index is -4.17. The Morgan fingerprint density at radius 1 is 0.810 bits per heavy atom. The lowest BCUT2D eigenvalue weighted by Crippen LogP contribution is -2.53. The molecular weight excluding hydrogens is 550 g/mol. The summed E-state index contributed by atoms with van der Waals surface area (Å²) in [5, 5.41) is 2.69. The van der Waals surface area contributed by atoms with Crippen molar-refractivity contribution in [1.82, 2.24) is 10.2 Å². The van der Waals surface area contributed by atoms with Crippen molar-refractivity contribution in [3.63, 3.8) is 0 Å². The van der Waals surface area contributed by atoms with Crippen LogP contribution in [0, 0.1) is 6.92 Å². The van der Waals surface area contributed by atoms with E-state index in [1.54, 1.807) is 42.5 Å². The first-order valence-corrected chi connectivity index (χ1v) is 15.0. The van der Waals surface area contributed by atoms with Crippen molar-refractivity contribution < 1.29 is 22.7 Å². The van der Waals surface area contributed by atoms with Crippen LogP contribution in [0.4, 0.5) is 5.69 Å². The molecule has 0 aliphatic rings. The molecule has 0 aliphatic carbocycles. The Bertz CT molecular complexity index is 1580. The maximum atomic E-state index is 14.2. The van der Waals surface area contributed by atoms with E-state index in [9.17, 15) is 18.0 Å². The van der Waals surface area contributed by atoms with E-state index in [0.29, 0.717) is 11.4 Å². The fourth-order valence-electron chi connectivity index (χ4n) is 4.61. The average molecular weight is 586 g/mol. The van der Waals surface area contributed by atoms with Crippen LogP contribution in [-0.2, 0) is 32.6 Å². The summed E-state index contributed by atoms with van der Waals surface area (Å²) in [5.74, 6) is -0.348. The van der Waals surface area contributed by atoms with Crippen LogP contribution in [0.15, 0.2) is 114 Å². The number of para-hydroxylation sites is 1. The second-order valence-electron chi connectivity index (χ2n) is 9.85. The number of methoxy groups -OCH3 is 1. The molecule has 9 heteroatoms. The molecule has 1 atom stereocenters. The van der Waals surface area contributed by atoms with Gasteiger partial charge < -0.3 is 15.0 Å². The zero-order valence-corrected chi connectivity index (χ0v) is 24.8. The molecule has 0 saturated heterocycles. The third-order valence-electron chi connectivity index (χ3n) is 6.96. The van der Waals surface area contributed by atoms with Crippen molar-refractivity contribution in [3.8, 4) is 5.75 Å². The summed E-state index contributed by atoms with van der Waals surface area (Å²) in [6.45, 7) is 1.58. The van der Waals surface area contributed by atoms with Crippen molar-refractivity contribution >= 4 is 27.5 Å². The van der Waals surface area contributed by atoms with Crippen LogP contribution in [0.2, 0.25) is 0 Å². The number of nitrogens with one attached hydrogen (secondary N) is 1. The highest BCUT2D eigenvalue weighted by atomic mass is 32.2. The number of anilines is 1. The molecule has 2 amide bonds. The Labute approximate surface area is 247 Å². The Kier molecular flexibility index (Phi) is 9.98. The van der Waals surface area contributed by atoms with E-state index in [-0.39, 0.29) is 23.8 Å². The molecular formula is C33H35N3O5S. The van der Waals surface area contributed by atoms with Gasteiger partial charge in [-0.3, -0.25) is 13.9 Å². The van der Waals surface area contributed by atoms with Gasteiger partial charge >= 0.3 is 0 Å². The number of carbonyl (C=O) groups is 2. The molecule has 4 aromatic carbocycles. The molecule has 1 N–H and O–H groups in total. The molecule has 1 unspecified atom stereocenters. The molecule has 0 saturated carbocycles. The normalized spacial score (nSPS) is 11.8. The first-order chi connectivity index (χ1) is 20.2. The van der Waals surface area contributed by atoms with Gasteiger partial charge in [0.25, 0.3) is 10.0 Å². The SMILES string of the molecule is CNC(=O)C(Cc1ccccc1)N(Cc1ccc(C)cc1)C(=O)CN(c1ccccc1)S(=O)(=O)c1ccc(OC)cc1. The molecule has 0 spiro atoms. The minimum absolute atomic E-state index is 0.0113. The molecule has 0 bridgehead atoms. The monoisotopic (exact) mass is 585 g/mol. The van der Waals surface area contributed by atoms with Crippen LogP contribution >= 0.6 is 0 Å². The van der Waals surface area contributed by atoms with Crippen molar-refractivity contribution in [2.24, 2.45) is 0 Å². The molecule has 0 aliphatic heterocycles. The van der Waals surface area contributed by atoms with Gasteiger partial charge in [-0.05, 0) is 54.4 Å². The number of hydrogen-bond acceptors (Lipinski definition) is 5. The summed E-state index contributed by atoms with van der Waals surface area (Å²) in [4.78, 5) is 29.0. The van der Waals surface area contributed by atoms with E-state index in [1.165, 1.54) is 31.2 Å². The van der Waals surface area contributed by atoms with Crippen molar-refractivity contribution in [3.05, 3.63) is 126 Å². The standard InChI is InChI=1S/C33H35N3O5S/c1-25-14-16-27(17-15-25)23-35(31(33(38)34-2)22-26-10-6-4-7-11-26)32(37)24-36(28-12-8-5-9-13-28)42(39,40)30-20-18-29(41-3)19-21-30/h4-21,31H,22-24H2,1-3H3,(H,34,38). The molecule has 8 nitrogen and oxygen atoms in total. The van der Waals surface area contributed by atoms with E-state index in [2.05, 4.69) is 5.32 Å². The summed E-state index contributed by atoms with van der Waals surface area (Å²) in [7, 11) is -1.14. The Balaban J connectivity index is 1.76. The third-order valence-corrected chi connectivity index (χ3v) is 8.75. The molecule has 0 heterocycles. The van der Waals surface area contributed by atoms with Gasteiger partial charge in [0, 0.05) is 20.0 Å². The van der Waals surface area contributed by atoms with Crippen LogP contribution in [0.5, 0.6) is 5.75 Å². The second-order valence-corrected chi connectivity index (χ2v) is 11.7. The quantitative estimate of drug-likeness (QED) is 0.263. The average Bonchev–Trinajstić information content (AvgIpc) is 3.02. The molecule has 0 fully saturated rings. The highest BCUT2D eigenvalue weighted by Gasteiger charge is 2.34. The van der Waals surface area contributed by atoms with Crippen molar-refractivity contribution in [2.75, 3.05) is 25.0 Å². The minimum Gasteiger partial charge on any atom is -0.497 e. The van der Waals surface area contributed by atoms with Gasteiger partial charge in [-0.25, -0.2) is 8.42 Å². The molecule has 4 aromatic rings. The smallest absolute Gasteiger partial charge is 0.264 e. The van der Waals surface area contributed by atoms with E-state index >= 15 is 0 Å². The second kappa shape index (κ2) is 13.8. The first kappa shape index (κ1) is 30.3. The van der Waals surface area contributed by atoms with Crippen LogP contribution < -0.4 is 14.4 Å². The summed E-state index contributed by atoms with van der Waals surface area (Å²) in [5.41, 5.74) is 3.08. The van der Waals surface area contributed by atoms with Gasteiger partial charge in [0.15, 0.2) is 0 Å². The van der Waals surface area contributed by atoms with E-state index in [4.69, 9.17) is 4.74 Å². The number of sulfonamides is 1. The van der Waals surface area contributed by atoms with E-state index in [0.717, 1.165) is 21.0 Å². The van der Waals surface area contributed by atoms with Gasteiger partial charge in [0.2, 0.25) is 11.8 Å². The third kappa shape index (κ3) is 7.36. The van der Waals surface area contributed by atoms with Gasteiger partial charge in [-0.15, -0.1) is 0 Å². The highest BCUT2D eigenvalue weighted by Crippen LogP contribution is 2.26. The van der Waals surface area contributed by atoms with Crippen LogP contribution in [0.1, 0.15) is 16.7 Å². The maximum Gasteiger partial charge on any atom is 0.264 e. The summed E-state index contributed by atoms with van der Waals surface area (Å²) in [6.07, 6.45) is 0.259. The number of rotatable bonds is 12. The Morgan fingerprint density at radius 2 is 1.40 bits per heavy atom. The fraction of sp³-hybridized carbons (Fsp3) is 0.212. The molecule has 4 rings (SSSR count). The topological polar surface area (TPSA) is 96.0 Å². The maximum absolute atomic E-state index is 14.2. The van der Waals surface area contributed by atoms with E-state index in [1.807, 2.05) is 61.5 Å². The predicted molar refractivity (Wildman–Crippen MR) is 164 cm³/mol. The largest absolute Gasteiger partial charge is 0.497 e. The summed E-state index contributed by atoms with van der Waals surface area (Å²) >= 11 is 0. The predicted octanol–water partition coefficient (Wildman–Crippen LogP) is 4.59. The Hall–Kier alpha value is -4.63. The number of aryl methyl sites for hydroxylation is 1. The lowest BCUT2D eigenvalue weighted by Gasteiger charge is -2.33. The summed E-state index contributed by atoms with van der Waals surface area (Å²) < 4.78 is 34.2. The number of ether oxygens (including phenoxy) is 1. The number of hydrogen-bond donors (Lipinski definition) is 1. The molecule has 0 radical (unpaired) electrons. The van der Waals surface area contributed by atoms with Gasteiger partial charge in [0.05, 0.1) is 17.7 Å². The van der Waals surface area contributed by atoms with Crippen LogP contribution in [-0.4, -0.2) is 51.9 Å². The lowest BCUT2D eigenvalue weighted by atomic mass is 10.0. The number of benzene rings is 4. The van der Waals surface area contributed by atoms with Gasteiger partial charge in [-0.2, -0.15) is 0 Å². The van der Waals surface area contributed by atoms with Crippen LogP contribution in [0.3, 0.4) is 0 Å². The lowest BCUT2D eigenvalue weighted by molar-refractivity contribution is -0.139. The zero-order chi connectivity index (χ0) is 30.1. The van der Waals surface area contributed by atoms with Crippen LogP contribution in [0.25, 0.3) is 0 Å². The fourth-order valence-corrected chi connectivity index (χ4v) is 6.02. The van der Waals surface area contributed by atoms with Crippen molar-refractivity contribution in [1.29, 1.82) is 0 Å². The number of amides is 2.